The van der Waals surface area contributed by atoms with Crippen LogP contribution in [0.3, 0.4) is 0 Å². The Balaban J connectivity index is 2.18. The van der Waals surface area contributed by atoms with Crippen molar-refractivity contribution in [3.05, 3.63) is 47.3 Å². The van der Waals surface area contributed by atoms with Crippen LogP contribution < -0.4 is 4.74 Å². The lowest BCUT2D eigenvalue weighted by Crippen LogP contribution is -2.03. The summed E-state index contributed by atoms with van der Waals surface area (Å²) >= 11 is 0. The number of rotatable bonds is 4. The Morgan fingerprint density at radius 2 is 2.18 bits per heavy atom. The second-order valence-electron chi connectivity index (χ2n) is 3.79. The molecule has 0 spiro atoms. The lowest BCUT2D eigenvalue weighted by molar-refractivity contribution is 0.111. The average molecular weight is 231 g/mol. The summed E-state index contributed by atoms with van der Waals surface area (Å²) in [6.07, 6.45) is 0.491. The van der Waals surface area contributed by atoms with E-state index in [9.17, 15) is 4.79 Å². The minimum absolute atomic E-state index is 0.280. The van der Waals surface area contributed by atoms with Gasteiger partial charge >= 0.3 is 0 Å². The molecule has 1 aromatic heterocycles. The molecule has 1 atom stereocenters. The maximum atomic E-state index is 10.8. The van der Waals surface area contributed by atoms with Gasteiger partial charge in [-0.1, -0.05) is 17.3 Å². The number of carbonyl (C=O) groups excluding carboxylic acids is 1. The normalized spacial score (nSPS) is 12.1. The van der Waals surface area contributed by atoms with Gasteiger partial charge in [-0.2, -0.15) is 0 Å². The molecule has 0 aliphatic rings. The Kier molecular flexibility index (Phi) is 3.23. The number of para-hydroxylation sites is 1. The van der Waals surface area contributed by atoms with E-state index in [1.807, 2.05) is 26.0 Å². The zero-order valence-corrected chi connectivity index (χ0v) is 9.71. The number of benzene rings is 1. The van der Waals surface area contributed by atoms with Gasteiger partial charge in [0, 0.05) is 6.07 Å². The predicted octanol–water partition coefficient (Wildman–Crippen LogP) is 2.94. The van der Waals surface area contributed by atoms with E-state index in [4.69, 9.17) is 9.26 Å². The number of aldehydes is 1. The largest absolute Gasteiger partial charge is 0.482 e. The quantitative estimate of drug-likeness (QED) is 0.759. The van der Waals surface area contributed by atoms with E-state index in [2.05, 4.69) is 5.16 Å². The number of ether oxygens (including phenoxy) is 1. The molecule has 0 radical (unpaired) electrons. The Bertz CT molecular complexity index is 519. The van der Waals surface area contributed by atoms with Gasteiger partial charge in [-0.25, -0.2) is 0 Å². The molecule has 0 saturated heterocycles. The van der Waals surface area contributed by atoms with Crippen LogP contribution in [0.15, 0.2) is 34.9 Å². The van der Waals surface area contributed by atoms with E-state index in [1.54, 1.807) is 18.2 Å². The highest BCUT2D eigenvalue weighted by atomic mass is 16.5. The number of aryl methyl sites for hydroxylation is 1. The number of carbonyl (C=O) groups is 1. The van der Waals surface area contributed by atoms with E-state index in [0.29, 0.717) is 17.1 Å². The van der Waals surface area contributed by atoms with Crippen LogP contribution in [0.2, 0.25) is 0 Å². The molecule has 1 aromatic carbocycles. The van der Waals surface area contributed by atoms with Crippen molar-refractivity contribution in [1.82, 2.24) is 5.16 Å². The SMILES string of the molecule is Cc1cc(C(C)Oc2ccccc2C=O)on1. The van der Waals surface area contributed by atoms with Gasteiger partial charge in [0.25, 0.3) is 0 Å². The van der Waals surface area contributed by atoms with Crippen LogP contribution in [0.5, 0.6) is 5.75 Å². The van der Waals surface area contributed by atoms with Crippen molar-refractivity contribution in [2.45, 2.75) is 20.0 Å². The number of aromatic nitrogens is 1. The molecule has 2 rings (SSSR count). The van der Waals surface area contributed by atoms with E-state index in [1.165, 1.54) is 0 Å². The van der Waals surface area contributed by atoms with Gasteiger partial charge in [-0.15, -0.1) is 0 Å². The van der Waals surface area contributed by atoms with Crippen LogP contribution in [0, 0.1) is 6.92 Å². The Labute approximate surface area is 99.2 Å². The van der Waals surface area contributed by atoms with Crippen LogP contribution in [0.25, 0.3) is 0 Å². The molecular weight excluding hydrogens is 218 g/mol. The molecule has 0 bridgehead atoms. The zero-order chi connectivity index (χ0) is 12.3. The Hall–Kier alpha value is -2.10. The van der Waals surface area contributed by atoms with Gasteiger partial charge in [0.2, 0.25) is 0 Å². The van der Waals surface area contributed by atoms with Gasteiger partial charge in [-0.3, -0.25) is 4.79 Å². The fraction of sp³-hybridized carbons (Fsp3) is 0.231. The van der Waals surface area contributed by atoms with Crippen molar-refractivity contribution in [2.24, 2.45) is 0 Å². The van der Waals surface area contributed by atoms with Gasteiger partial charge < -0.3 is 9.26 Å². The summed E-state index contributed by atoms with van der Waals surface area (Å²) in [6.45, 7) is 3.70. The maximum absolute atomic E-state index is 10.8. The van der Waals surface area contributed by atoms with Crippen molar-refractivity contribution in [1.29, 1.82) is 0 Å². The van der Waals surface area contributed by atoms with E-state index in [0.717, 1.165) is 12.0 Å². The second kappa shape index (κ2) is 4.82. The summed E-state index contributed by atoms with van der Waals surface area (Å²) in [5.41, 5.74) is 1.33. The van der Waals surface area contributed by atoms with E-state index in [-0.39, 0.29) is 6.10 Å². The molecule has 17 heavy (non-hydrogen) atoms. The second-order valence-corrected chi connectivity index (χ2v) is 3.79. The first kappa shape index (κ1) is 11.4. The van der Waals surface area contributed by atoms with Crippen molar-refractivity contribution in [3.8, 4) is 5.75 Å². The third-order valence-electron chi connectivity index (χ3n) is 2.40. The summed E-state index contributed by atoms with van der Waals surface area (Å²) in [5.74, 6) is 1.19. The monoisotopic (exact) mass is 231 g/mol. The molecule has 0 N–H and O–H groups in total. The Morgan fingerprint density at radius 3 is 2.82 bits per heavy atom. The highest BCUT2D eigenvalue weighted by molar-refractivity contribution is 5.79. The third kappa shape index (κ3) is 2.53. The summed E-state index contributed by atoms with van der Waals surface area (Å²) in [7, 11) is 0. The lowest BCUT2D eigenvalue weighted by Gasteiger charge is -2.12. The van der Waals surface area contributed by atoms with Gasteiger partial charge in [0.15, 0.2) is 18.2 Å². The summed E-state index contributed by atoms with van der Waals surface area (Å²) in [4.78, 5) is 10.8. The molecule has 4 heteroatoms. The van der Waals surface area contributed by atoms with Gasteiger partial charge in [0.1, 0.15) is 5.75 Å². The number of hydrogen-bond acceptors (Lipinski definition) is 4. The molecule has 88 valence electrons. The molecule has 0 aliphatic carbocycles. The minimum atomic E-state index is -0.280. The smallest absolute Gasteiger partial charge is 0.177 e. The van der Waals surface area contributed by atoms with Crippen LogP contribution >= 0.6 is 0 Å². The fourth-order valence-electron chi connectivity index (χ4n) is 1.51. The standard InChI is InChI=1S/C13H13NO3/c1-9-7-13(17-14-9)10(2)16-12-6-4-3-5-11(12)8-15/h3-8,10H,1-2H3. The predicted molar refractivity (Wildman–Crippen MR) is 62.1 cm³/mol. The molecule has 1 heterocycles. The van der Waals surface area contributed by atoms with Gasteiger partial charge in [-0.05, 0) is 26.0 Å². The summed E-state index contributed by atoms with van der Waals surface area (Å²) in [5, 5.41) is 3.80. The highest BCUT2D eigenvalue weighted by Gasteiger charge is 2.14. The molecule has 0 saturated carbocycles. The maximum Gasteiger partial charge on any atom is 0.177 e. The number of hydrogen-bond donors (Lipinski definition) is 0. The Morgan fingerprint density at radius 1 is 1.41 bits per heavy atom. The van der Waals surface area contributed by atoms with E-state index < -0.39 is 0 Å². The first-order valence-electron chi connectivity index (χ1n) is 5.35. The van der Waals surface area contributed by atoms with Crippen LogP contribution in [0.4, 0.5) is 0 Å². The fourth-order valence-corrected chi connectivity index (χ4v) is 1.51. The molecule has 0 amide bonds. The third-order valence-corrected chi connectivity index (χ3v) is 2.40. The molecule has 2 aromatic rings. The minimum Gasteiger partial charge on any atom is -0.482 e. The lowest BCUT2D eigenvalue weighted by atomic mass is 10.2. The van der Waals surface area contributed by atoms with Crippen LogP contribution in [-0.4, -0.2) is 11.4 Å². The van der Waals surface area contributed by atoms with Crippen molar-refractivity contribution >= 4 is 6.29 Å². The first-order chi connectivity index (χ1) is 8.20. The number of nitrogens with zero attached hydrogens (tertiary/aromatic N) is 1. The zero-order valence-electron chi connectivity index (χ0n) is 9.71. The topological polar surface area (TPSA) is 52.3 Å². The summed E-state index contributed by atoms with van der Waals surface area (Å²) in [6, 6.07) is 8.89. The van der Waals surface area contributed by atoms with Crippen molar-refractivity contribution < 1.29 is 14.1 Å². The molecular formula is C13H13NO3. The highest BCUT2D eigenvalue weighted by Crippen LogP contribution is 2.24. The van der Waals surface area contributed by atoms with E-state index >= 15 is 0 Å². The van der Waals surface area contributed by atoms with Crippen molar-refractivity contribution in [2.75, 3.05) is 0 Å². The molecule has 1 unspecified atom stereocenters. The van der Waals surface area contributed by atoms with Gasteiger partial charge in [0.05, 0.1) is 11.3 Å². The van der Waals surface area contributed by atoms with Crippen LogP contribution in [0.1, 0.15) is 34.8 Å². The van der Waals surface area contributed by atoms with Crippen LogP contribution in [-0.2, 0) is 0 Å². The average Bonchev–Trinajstić information content (AvgIpc) is 2.77. The molecule has 0 fully saturated rings. The first-order valence-corrected chi connectivity index (χ1v) is 5.35. The molecule has 0 aliphatic heterocycles. The van der Waals surface area contributed by atoms with Crippen molar-refractivity contribution in [3.63, 3.8) is 0 Å². The summed E-state index contributed by atoms with van der Waals surface area (Å²) < 4.78 is 10.8. The molecule has 4 nitrogen and oxygen atoms in total.